The van der Waals surface area contributed by atoms with Crippen molar-refractivity contribution in [2.75, 3.05) is 19.6 Å². The lowest BCUT2D eigenvalue weighted by Crippen LogP contribution is -2.29. The largest absolute Gasteiger partial charge is 0.342 e. The molecule has 1 rings (SSSR count). The molecule has 1 fully saturated rings. The van der Waals surface area contributed by atoms with E-state index in [4.69, 9.17) is 5.73 Å². The van der Waals surface area contributed by atoms with Gasteiger partial charge in [0.1, 0.15) is 0 Å². The second kappa shape index (κ2) is 7.70. The van der Waals surface area contributed by atoms with Crippen LogP contribution >= 0.6 is 0 Å². The van der Waals surface area contributed by atoms with E-state index < -0.39 is 0 Å². The lowest BCUT2D eigenvalue weighted by atomic mass is 9.96. The minimum absolute atomic E-state index is 0.358. The molecule has 1 saturated heterocycles. The summed E-state index contributed by atoms with van der Waals surface area (Å²) in [6.45, 7) is 7.11. The molecule has 0 saturated carbocycles. The Balaban J connectivity index is 2.25. The van der Waals surface area contributed by atoms with Crippen molar-refractivity contribution in [2.24, 2.45) is 17.6 Å². The molecule has 0 radical (unpaired) electrons. The lowest BCUT2D eigenvalue weighted by molar-refractivity contribution is -0.130. The van der Waals surface area contributed by atoms with Crippen LogP contribution in [0.2, 0.25) is 0 Å². The van der Waals surface area contributed by atoms with Gasteiger partial charge in [0, 0.05) is 19.5 Å². The third kappa shape index (κ3) is 4.66. The van der Waals surface area contributed by atoms with Crippen molar-refractivity contribution in [1.29, 1.82) is 0 Å². The Kier molecular flexibility index (Phi) is 6.56. The molecule has 1 amide bonds. The Morgan fingerprint density at radius 2 is 2.18 bits per heavy atom. The summed E-state index contributed by atoms with van der Waals surface area (Å²) in [6, 6.07) is 0. The number of amides is 1. The maximum absolute atomic E-state index is 12.0. The van der Waals surface area contributed by atoms with Gasteiger partial charge >= 0.3 is 0 Å². The van der Waals surface area contributed by atoms with Gasteiger partial charge < -0.3 is 10.6 Å². The Bertz CT molecular complexity index is 230. The van der Waals surface area contributed by atoms with Crippen molar-refractivity contribution in [2.45, 2.75) is 52.4 Å². The van der Waals surface area contributed by atoms with Gasteiger partial charge in [0.15, 0.2) is 0 Å². The first-order chi connectivity index (χ1) is 8.21. The molecule has 0 aromatic heterocycles. The summed E-state index contributed by atoms with van der Waals surface area (Å²) in [5.41, 5.74) is 5.57. The van der Waals surface area contributed by atoms with Crippen LogP contribution in [0.1, 0.15) is 52.4 Å². The van der Waals surface area contributed by atoms with Crippen LogP contribution in [-0.4, -0.2) is 30.4 Å². The van der Waals surface area contributed by atoms with Gasteiger partial charge in [0.25, 0.3) is 0 Å². The zero-order valence-electron chi connectivity index (χ0n) is 11.5. The first-order valence-corrected chi connectivity index (χ1v) is 7.19. The van der Waals surface area contributed by atoms with Crippen molar-refractivity contribution in [3.8, 4) is 0 Å². The van der Waals surface area contributed by atoms with E-state index in [0.717, 1.165) is 51.2 Å². The van der Waals surface area contributed by atoms with E-state index in [9.17, 15) is 4.79 Å². The minimum Gasteiger partial charge on any atom is -0.342 e. The number of nitrogens with zero attached hydrogens (tertiary/aromatic N) is 1. The van der Waals surface area contributed by atoms with Crippen LogP contribution in [0.4, 0.5) is 0 Å². The second-order valence-electron chi connectivity index (χ2n) is 5.29. The van der Waals surface area contributed by atoms with E-state index in [-0.39, 0.29) is 0 Å². The molecule has 0 spiro atoms. The molecule has 1 aliphatic rings. The van der Waals surface area contributed by atoms with Gasteiger partial charge in [-0.05, 0) is 37.6 Å². The zero-order chi connectivity index (χ0) is 12.7. The van der Waals surface area contributed by atoms with Gasteiger partial charge in [-0.25, -0.2) is 0 Å². The summed E-state index contributed by atoms with van der Waals surface area (Å²) in [4.78, 5) is 14.1. The predicted octanol–water partition coefficient (Wildman–Crippen LogP) is 2.40. The van der Waals surface area contributed by atoms with Crippen molar-refractivity contribution >= 4 is 5.91 Å². The van der Waals surface area contributed by atoms with Crippen molar-refractivity contribution in [3.63, 3.8) is 0 Å². The third-order valence-corrected chi connectivity index (χ3v) is 4.13. The first kappa shape index (κ1) is 14.5. The van der Waals surface area contributed by atoms with E-state index in [0.29, 0.717) is 11.8 Å². The van der Waals surface area contributed by atoms with Crippen LogP contribution in [0, 0.1) is 11.8 Å². The van der Waals surface area contributed by atoms with Gasteiger partial charge in [-0.2, -0.15) is 0 Å². The fourth-order valence-corrected chi connectivity index (χ4v) is 2.67. The molecule has 1 heterocycles. The molecule has 2 atom stereocenters. The van der Waals surface area contributed by atoms with Gasteiger partial charge in [0.2, 0.25) is 5.91 Å². The van der Waals surface area contributed by atoms with E-state index in [2.05, 4.69) is 18.7 Å². The molecule has 3 nitrogen and oxygen atoms in total. The van der Waals surface area contributed by atoms with E-state index in [1.54, 1.807) is 0 Å². The number of carbonyl (C=O) groups excluding carboxylic acids is 1. The van der Waals surface area contributed by atoms with Crippen molar-refractivity contribution in [1.82, 2.24) is 4.90 Å². The molecule has 2 unspecified atom stereocenters. The summed E-state index contributed by atoms with van der Waals surface area (Å²) in [5.74, 6) is 1.73. The molecular formula is C14H28N2O. The molecule has 1 aliphatic heterocycles. The average Bonchev–Trinajstić information content (AvgIpc) is 2.82. The molecule has 0 bridgehead atoms. The predicted molar refractivity (Wildman–Crippen MR) is 71.7 cm³/mol. The van der Waals surface area contributed by atoms with Gasteiger partial charge in [-0.3, -0.25) is 4.79 Å². The fraction of sp³-hybridized carbons (Fsp3) is 0.929. The number of hydrogen-bond acceptors (Lipinski definition) is 2. The van der Waals surface area contributed by atoms with E-state index in [1.807, 2.05) is 0 Å². The van der Waals surface area contributed by atoms with Gasteiger partial charge in [-0.15, -0.1) is 0 Å². The molecule has 0 aliphatic carbocycles. The Morgan fingerprint density at radius 1 is 1.41 bits per heavy atom. The summed E-state index contributed by atoms with van der Waals surface area (Å²) in [6.07, 6.45) is 6.33. The molecule has 17 heavy (non-hydrogen) atoms. The molecular weight excluding hydrogens is 212 g/mol. The van der Waals surface area contributed by atoms with Crippen LogP contribution in [0.5, 0.6) is 0 Å². The smallest absolute Gasteiger partial charge is 0.222 e. The Labute approximate surface area is 106 Å². The van der Waals surface area contributed by atoms with Crippen LogP contribution in [0.3, 0.4) is 0 Å². The monoisotopic (exact) mass is 240 g/mol. The molecule has 0 aromatic carbocycles. The SMILES string of the molecule is CCC(CCN)CCC(=O)N1CCC(CC)C1. The molecule has 100 valence electrons. The van der Waals surface area contributed by atoms with Gasteiger partial charge in [-0.1, -0.05) is 26.7 Å². The lowest BCUT2D eigenvalue weighted by Gasteiger charge is -2.18. The first-order valence-electron chi connectivity index (χ1n) is 7.19. The highest BCUT2D eigenvalue weighted by Crippen LogP contribution is 2.21. The number of rotatable bonds is 7. The number of carbonyl (C=O) groups is 1. The third-order valence-electron chi connectivity index (χ3n) is 4.13. The number of likely N-dealkylation sites (tertiary alicyclic amines) is 1. The van der Waals surface area contributed by atoms with Crippen LogP contribution < -0.4 is 5.73 Å². The van der Waals surface area contributed by atoms with E-state index in [1.165, 1.54) is 12.8 Å². The molecule has 2 N–H and O–H groups in total. The van der Waals surface area contributed by atoms with E-state index >= 15 is 0 Å². The fourth-order valence-electron chi connectivity index (χ4n) is 2.67. The Morgan fingerprint density at radius 3 is 2.71 bits per heavy atom. The molecule has 0 aromatic rings. The maximum Gasteiger partial charge on any atom is 0.222 e. The van der Waals surface area contributed by atoms with Crippen LogP contribution in [0.25, 0.3) is 0 Å². The standard InChI is InChI=1S/C14H28N2O/c1-3-12(7-9-15)5-6-14(17)16-10-8-13(4-2)11-16/h12-13H,3-11,15H2,1-2H3. The highest BCUT2D eigenvalue weighted by molar-refractivity contribution is 5.76. The summed E-state index contributed by atoms with van der Waals surface area (Å²) < 4.78 is 0. The Hall–Kier alpha value is -0.570. The van der Waals surface area contributed by atoms with Crippen LogP contribution in [-0.2, 0) is 4.79 Å². The van der Waals surface area contributed by atoms with Gasteiger partial charge in [0.05, 0.1) is 0 Å². The average molecular weight is 240 g/mol. The zero-order valence-corrected chi connectivity index (χ0v) is 11.5. The molecule has 3 heteroatoms. The highest BCUT2D eigenvalue weighted by Gasteiger charge is 2.24. The minimum atomic E-state index is 0.358. The normalized spacial score (nSPS) is 21.8. The topological polar surface area (TPSA) is 46.3 Å². The maximum atomic E-state index is 12.0. The summed E-state index contributed by atoms with van der Waals surface area (Å²) >= 11 is 0. The summed E-state index contributed by atoms with van der Waals surface area (Å²) in [7, 11) is 0. The number of nitrogens with two attached hydrogens (primary N) is 1. The highest BCUT2D eigenvalue weighted by atomic mass is 16.2. The van der Waals surface area contributed by atoms with Crippen molar-refractivity contribution < 1.29 is 4.79 Å². The quantitative estimate of drug-likeness (QED) is 0.742. The summed E-state index contributed by atoms with van der Waals surface area (Å²) in [5, 5.41) is 0. The van der Waals surface area contributed by atoms with Crippen LogP contribution in [0.15, 0.2) is 0 Å². The number of hydrogen-bond donors (Lipinski definition) is 1. The second-order valence-corrected chi connectivity index (χ2v) is 5.29. The van der Waals surface area contributed by atoms with Crippen molar-refractivity contribution in [3.05, 3.63) is 0 Å².